The van der Waals surface area contributed by atoms with Crippen molar-refractivity contribution in [3.05, 3.63) is 0 Å². The van der Waals surface area contributed by atoms with Gasteiger partial charge in [-0.3, -0.25) is 4.66 Å². The van der Waals surface area contributed by atoms with E-state index in [0.29, 0.717) is 0 Å². The van der Waals surface area contributed by atoms with Crippen LogP contribution in [0.2, 0.25) is 0 Å². The van der Waals surface area contributed by atoms with Crippen molar-refractivity contribution in [3.8, 4) is 0 Å². The van der Waals surface area contributed by atoms with Gasteiger partial charge in [-0.15, -0.1) is 0 Å². The molecule has 0 spiro atoms. The average Bonchev–Trinajstić information content (AvgIpc) is 2.32. The summed E-state index contributed by atoms with van der Waals surface area (Å²) in [5.74, 6) is -3.65. The van der Waals surface area contributed by atoms with E-state index in [2.05, 4.69) is 29.1 Å². The first-order chi connectivity index (χ1) is 7.81. The van der Waals surface area contributed by atoms with E-state index < -0.39 is 17.9 Å². The maximum Gasteiger partial charge on any atom is 3.00 e. The maximum atomic E-state index is 9.13. The quantitative estimate of drug-likeness (QED) is 0.360. The molecule has 0 saturated heterocycles. The van der Waals surface area contributed by atoms with Crippen LogP contribution in [-0.2, 0) is 14.4 Å². The van der Waals surface area contributed by atoms with Crippen molar-refractivity contribution in [2.24, 2.45) is 17.2 Å². The molecule has 0 bridgehead atoms. The number of aliphatic carboxylic acids is 3. The van der Waals surface area contributed by atoms with Crippen molar-refractivity contribution in [2.75, 3.05) is 19.6 Å². The Balaban J connectivity index is -0.0000000427. The molecule has 10 nitrogen and oxygen atoms in total. The molecule has 0 heterocycles. The molecular weight excluding hydrogens is 289 g/mol. The SMILES string of the molecule is NCC(=O)[O-].NCC(=O)[O-].NCC(=O)[O-].OCl.[Al+3]. The van der Waals surface area contributed by atoms with Gasteiger partial charge in [-0.25, -0.2) is 0 Å². The molecule has 104 valence electrons. The predicted octanol–water partition coefficient (Wildman–Crippen LogP) is -7.16. The number of carbonyl (C=O) groups is 3. The smallest absolute Gasteiger partial charge is 0.549 e. The summed E-state index contributed by atoms with van der Waals surface area (Å²) in [4.78, 5) is 27.4. The first kappa shape index (κ1) is 30.3. The minimum atomic E-state index is -1.22. The van der Waals surface area contributed by atoms with E-state index in [1.807, 2.05) is 0 Å². The summed E-state index contributed by atoms with van der Waals surface area (Å²) < 4.78 is 6.47. The Kier molecular flexibility index (Phi) is 50.1. The Labute approximate surface area is 119 Å². The zero-order chi connectivity index (χ0) is 14.9. The van der Waals surface area contributed by atoms with Gasteiger partial charge in [0.25, 0.3) is 0 Å². The average molecular weight is 302 g/mol. The molecular formula is C6H13AlClN3O7. The van der Waals surface area contributed by atoms with Crippen LogP contribution in [0.1, 0.15) is 0 Å². The van der Waals surface area contributed by atoms with Crippen LogP contribution in [0.4, 0.5) is 0 Å². The molecule has 0 radical (unpaired) electrons. The first-order valence-electron chi connectivity index (χ1n) is 3.68. The van der Waals surface area contributed by atoms with Crippen molar-refractivity contribution in [2.45, 2.75) is 0 Å². The van der Waals surface area contributed by atoms with Crippen molar-refractivity contribution < 1.29 is 34.4 Å². The number of carbonyl (C=O) groups excluding carboxylic acids is 3. The first-order valence-corrected chi connectivity index (χ1v) is 4.02. The molecule has 0 aliphatic carbocycles. The van der Waals surface area contributed by atoms with E-state index in [0.717, 1.165) is 0 Å². The Bertz CT molecular complexity index is 174. The number of carboxylic acids is 3. The van der Waals surface area contributed by atoms with Crippen molar-refractivity contribution >= 4 is 47.1 Å². The van der Waals surface area contributed by atoms with Crippen LogP contribution >= 0.6 is 11.9 Å². The van der Waals surface area contributed by atoms with Crippen LogP contribution in [0.15, 0.2) is 0 Å². The van der Waals surface area contributed by atoms with Gasteiger partial charge in [0.15, 0.2) is 0 Å². The minimum Gasteiger partial charge on any atom is -0.549 e. The number of carboxylic acid groups (broad SMARTS) is 3. The summed E-state index contributed by atoms with van der Waals surface area (Å²) in [5.41, 5.74) is 13.5. The second kappa shape index (κ2) is 29.8. The third-order valence-corrected chi connectivity index (χ3v) is 0.500. The van der Waals surface area contributed by atoms with Crippen LogP contribution in [0.25, 0.3) is 0 Å². The summed E-state index contributed by atoms with van der Waals surface area (Å²) >= 11 is 3.64. The molecule has 18 heavy (non-hydrogen) atoms. The largest absolute Gasteiger partial charge is 3.00 e. The van der Waals surface area contributed by atoms with Gasteiger partial charge in [0.2, 0.25) is 0 Å². The minimum absolute atomic E-state index is 0. The number of nitrogens with two attached hydrogens (primary N) is 3. The van der Waals surface area contributed by atoms with Crippen LogP contribution in [-0.4, -0.2) is 59.6 Å². The second-order valence-corrected chi connectivity index (χ2v) is 1.73. The molecule has 0 aliphatic heterocycles. The molecule has 0 fully saturated rings. The van der Waals surface area contributed by atoms with Crippen LogP contribution in [0.3, 0.4) is 0 Å². The number of halogens is 1. The van der Waals surface area contributed by atoms with E-state index in [-0.39, 0.29) is 37.0 Å². The van der Waals surface area contributed by atoms with E-state index in [1.165, 1.54) is 0 Å². The molecule has 0 rings (SSSR count). The third kappa shape index (κ3) is 116. The van der Waals surface area contributed by atoms with Crippen LogP contribution in [0, 0.1) is 0 Å². The summed E-state index contributed by atoms with van der Waals surface area (Å²) in [7, 11) is 0. The van der Waals surface area contributed by atoms with Gasteiger partial charge in [-0.1, -0.05) is 0 Å². The zero-order valence-corrected chi connectivity index (χ0v) is 11.1. The fourth-order valence-corrected chi connectivity index (χ4v) is 0. The van der Waals surface area contributed by atoms with Gasteiger partial charge in [-0.05, 0) is 0 Å². The number of rotatable bonds is 3. The summed E-state index contributed by atoms with van der Waals surface area (Å²) in [6, 6.07) is 0. The Morgan fingerprint density at radius 3 is 0.833 bits per heavy atom. The summed E-state index contributed by atoms with van der Waals surface area (Å²) in [6.07, 6.45) is 0. The molecule has 0 aromatic rings. The Morgan fingerprint density at radius 2 is 0.833 bits per heavy atom. The van der Waals surface area contributed by atoms with Gasteiger partial charge in [-0.2, -0.15) is 0 Å². The topological polar surface area (TPSA) is 219 Å². The fraction of sp³-hybridized carbons (Fsp3) is 0.500. The predicted molar refractivity (Wildman–Crippen MR) is 56.0 cm³/mol. The van der Waals surface area contributed by atoms with Gasteiger partial charge in [0.1, 0.15) is 0 Å². The normalized spacial score (nSPS) is 6.50. The van der Waals surface area contributed by atoms with E-state index in [4.69, 9.17) is 34.4 Å². The second-order valence-electron chi connectivity index (χ2n) is 1.73. The third-order valence-electron chi connectivity index (χ3n) is 0.500. The number of hydrogen-bond acceptors (Lipinski definition) is 10. The van der Waals surface area contributed by atoms with Crippen molar-refractivity contribution in [1.29, 1.82) is 0 Å². The molecule has 0 aliphatic rings. The summed E-state index contributed by atoms with van der Waals surface area (Å²) in [6.45, 7) is -1.17. The van der Waals surface area contributed by atoms with E-state index in [1.54, 1.807) is 0 Å². The zero-order valence-electron chi connectivity index (χ0n) is 9.21. The molecule has 12 heteroatoms. The van der Waals surface area contributed by atoms with Gasteiger partial charge < -0.3 is 46.9 Å². The Hall–Kier alpha value is -0.928. The summed E-state index contributed by atoms with van der Waals surface area (Å²) in [5, 5.41) is 27.4. The molecule has 0 aromatic heterocycles. The van der Waals surface area contributed by atoms with Crippen molar-refractivity contribution in [1.82, 2.24) is 0 Å². The van der Waals surface area contributed by atoms with E-state index >= 15 is 0 Å². The van der Waals surface area contributed by atoms with E-state index in [9.17, 15) is 0 Å². The van der Waals surface area contributed by atoms with Crippen molar-refractivity contribution in [3.63, 3.8) is 0 Å². The van der Waals surface area contributed by atoms with Gasteiger partial charge >= 0.3 is 17.4 Å². The monoisotopic (exact) mass is 301 g/mol. The maximum absolute atomic E-state index is 9.13. The Morgan fingerprint density at radius 1 is 0.778 bits per heavy atom. The van der Waals surface area contributed by atoms with Gasteiger partial charge in [0.05, 0.1) is 29.8 Å². The molecule has 0 unspecified atom stereocenters. The molecule has 0 amide bonds. The van der Waals surface area contributed by atoms with Gasteiger partial charge in [0, 0.05) is 19.6 Å². The standard InChI is InChI=1S/3C2H5NO2.Al.ClHO/c3*3-1-2(4)5;;1-2/h3*1,3H2,(H,4,5);;2H/q;;;+3;/p-3. The molecule has 7 N–H and O–H groups in total. The molecule has 0 aromatic carbocycles. The van der Waals surface area contributed by atoms with Crippen LogP contribution in [0.5, 0.6) is 0 Å². The fourth-order valence-electron chi connectivity index (χ4n) is 0. The number of hydrogen-bond donors (Lipinski definition) is 4. The van der Waals surface area contributed by atoms with Crippen LogP contribution < -0.4 is 32.5 Å². The molecule has 0 atom stereocenters. The molecule has 0 saturated carbocycles.